The Balaban J connectivity index is 3.18. The summed E-state index contributed by atoms with van der Waals surface area (Å²) in [5.41, 5.74) is -1.13. The Morgan fingerprint density at radius 1 is 1.31 bits per heavy atom. The molecule has 3 nitrogen and oxygen atoms in total. The summed E-state index contributed by atoms with van der Waals surface area (Å²) in [6.07, 6.45) is -4.62. The predicted octanol–water partition coefficient (Wildman–Crippen LogP) is 2.15. The Hall–Kier alpha value is -0.790. The zero-order valence-corrected chi connectivity index (χ0v) is 9.33. The quantitative estimate of drug-likeness (QED) is 0.897. The zero-order chi connectivity index (χ0) is 12.6. The zero-order valence-electron chi connectivity index (χ0n) is 7.75. The minimum Gasteiger partial charge on any atom is -0.228 e. The van der Waals surface area contributed by atoms with Gasteiger partial charge in [-0.15, -0.1) is 0 Å². The highest BCUT2D eigenvalue weighted by Gasteiger charge is 2.33. The van der Waals surface area contributed by atoms with Gasteiger partial charge in [-0.05, 0) is 17.7 Å². The first-order chi connectivity index (χ1) is 7.09. The fraction of sp³-hybridized carbons (Fsp3) is 0.250. The number of alkyl halides is 3. The van der Waals surface area contributed by atoms with E-state index in [4.69, 9.17) is 16.7 Å². The summed E-state index contributed by atoms with van der Waals surface area (Å²) in [5.74, 6) is -0.659. The van der Waals surface area contributed by atoms with Crippen molar-refractivity contribution in [1.82, 2.24) is 0 Å². The maximum absolute atomic E-state index is 12.4. The number of hydrogen-bond acceptors (Lipinski definition) is 2. The van der Waals surface area contributed by atoms with E-state index in [0.717, 1.165) is 6.07 Å². The van der Waals surface area contributed by atoms with Crippen molar-refractivity contribution < 1.29 is 21.6 Å². The van der Waals surface area contributed by atoms with Crippen LogP contribution in [0.5, 0.6) is 0 Å². The Morgan fingerprint density at radius 3 is 2.31 bits per heavy atom. The third-order valence-corrected chi connectivity index (χ3v) is 2.77. The molecule has 0 unspecified atom stereocenters. The van der Waals surface area contributed by atoms with Crippen LogP contribution in [-0.4, -0.2) is 8.42 Å². The standard InChI is InChI=1S/C8H7ClF3NO2S/c9-7-2-1-5(4-16(13,14)15)3-6(7)8(10,11)12/h1-3H,4H2,(H2,13,14,15). The van der Waals surface area contributed by atoms with Crippen molar-refractivity contribution >= 4 is 21.6 Å². The molecular formula is C8H7ClF3NO2S. The molecule has 0 aromatic heterocycles. The molecule has 0 saturated carbocycles. The van der Waals surface area contributed by atoms with Crippen LogP contribution in [-0.2, 0) is 22.0 Å². The molecule has 0 amide bonds. The number of nitrogens with two attached hydrogens (primary N) is 1. The number of rotatable bonds is 2. The van der Waals surface area contributed by atoms with E-state index < -0.39 is 32.5 Å². The molecule has 0 aliphatic rings. The van der Waals surface area contributed by atoms with Gasteiger partial charge in [0.25, 0.3) is 0 Å². The number of benzene rings is 1. The van der Waals surface area contributed by atoms with E-state index in [1.807, 2.05) is 0 Å². The van der Waals surface area contributed by atoms with Gasteiger partial charge in [-0.25, -0.2) is 13.6 Å². The van der Waals surface area contributed by atoms with Crippen LogP contribution in [0.15, 0.2) is 18.2 Å². The fourth-order valence-electron chi connectivity index (χ4n) is 1.11. The second-order valence-corrected chi connectivity index (χ2v) is 5.14. The third-order valence-electron chi connectivity index (χ3n) is 1.70. The van der Waals surface area contributed by atoms with Crippen molar-refractivity contribution in [3.63, 3.8) is 0 Å². The number of sulfonamides is 1. The van der Waals surface area contributed by atoms with E-state index in [1.165, 1.54) is 6.07 Å². The van der Waals surface area contributed by atoms with Gasteiger partial charge in [0.1, 0.15) is 0 Å². The molecule has 0 aliphatic heterocycles. The minimum atomic E-state index is -4.62. The van der Waals surface area contributed by atoms with Crippen LogP contribution in [0.25, 0.3) is 0 Å². The normalized spacial score (nSPS) is 12.8. The highest BCUT2D eigenvalue weighted by molar-refractivity contribution is 7.88. The molecule has 1 aromatic carbocycles. The summed E-state index contributed by atoms with van der Waals surface area (Å²) < 4.78 is 58.6. The molecule has 0 spiro atoms. The van der Waals surface area contributed by atoms with Crippen LogP contribution >= 0.6 is 11.6 Å². The van der Waals surface area contributed by atoms with Crippen LogP contribution < -0.4 is 5.14 Å². The summed E-state index contributed by atoms with van der Waals surface area (Å²) in [4.78, 5) is 0. The molecule has 1 rings (SSSR count). The Labute approximate surface area is 95.1 Å². The van der Waals surface area contributed by atoms with Crippen LogP contribution in [0.2, 0.25) is 5.02 Å². The lowest BCUT2D eigenvalue weighted by Gasteiger charge is -2.10. The highest BCUT2D eigenvalue weighted by atomic mass is 35.5. The van der Waals surface area contributed by atoms with E-state index in [0.29, 0.717) is 6.07 Å². The lowest BCUT2D eigenvalue weighted by atomic mass is 10.1. The monoisotopic (exact) mass is 273 g/mol. The van der Waals surface area contributed by atoms with E-state index in [-0.39, 0.29) is 5.56 Å². The smallest absolute Gasteiger partial charge is 0.228 e. The van der Waals surface area contributed by atoms with Gasteiger partial charge in [0.05, 0.1) is 16.3 Å². The first-order valence-corrected chi connectivity index (χ1v) is 6.05. The molecule has 16 heavy (non-hydrogen) atoms. The molecule has 0 heterocycles. The Bertz CT molecular complexity index is 498. The molecule has 2 N–H and O–H groups in total. The van der Waals surface area contributed by atoms with E-state index >= 15 is 0 Å². The molecule has 90 valence electrons. The topological polar surface area (TPSA) is 60.2 Å². The third kappa shape index (κ3) is 3.66. The minimum absolute atomic E-state index is 0.0563. The van der Waals surface area contributed by atoms with Crippen LogP contribution in [0.1, 0.15) is 11.1 Å². The highest BCUT2D eigenvalue weighted by Crippen LogP contribution is 2.35. The summed E-state index contributed by atoms with van der Waals surface area (Å²) in [5, 5.41) is 4.24. The number of halogens is 4. The molecule has 0 fully saturated rings. The average Bonchev–Trinajstić information content (AvgIpc) is 2.04. The van der Waals surface area contributed by atoms with Crippen LogP contribution in [0.4, 0.5) is 13.2 Å². The molecule has 0 bridgehead atoms. The van der Waals surface area contributed by atoms with Crippen LogP contribution in [0, 0.1) is 0 Å². The second kappa shape index (κ2) is 4.23. The van der Waals surface area contributed by atoms with Crippen molar-refractivity contribution in [2.45, 2.75) is 11.9 Å². The molecular weight excluding hydrogens is 267 g/mol. The molecule has 0 atom stereocenters. The summed E-state index contributed by atoms with van der Waals surface area (Å²) in [6, 6.07) is 2.85. The van der Waals surface area contributed by atoms with E-state index in [9.17, 15) is 21.6 Å². The molecule has 0 radical (unpaired) electrons. The fourth-order valence-corrected chi connectivity index (χ4v) is 1.98. The first-order valence-electron chi connectivity index (χ1n) is 3.96. The Morgan fingerprint density at radius 2 is 1.88 bits per heavy atom. The van der Waals surface area contributed by atoms with Gasteiger partial charge in [0.15, 0.2) is 0 Å². The lowest BCUT2D eigenvalue weighted by Crippen LogP contribution is -2.15. The van der Waals surface area contributed by atoms with Gasteiger partial charge >= 0.3 is 6.18 Å². The van der Waals surface area contributed by atoms with Crippen molar-refractivity contribution in [2.24, 2.45) is 5.14 Å². The van der Waals surface area contributed by atoms with Gasteiger partial charge in [0.2, 0.25) is 10.0 Å². The number of hydrogen-bond donors (Lipinski definition) is 1. The maximum Gasteiger partial charge on any atom is 0.417 e. The van der Waals surface area contributed by atoms with Crippen molar-refractivity contribution in [1.29, 1.82) is 0 Å². The van der Waals surface area contributed by atoms with Crippen LogP contribution in [0.3, 0.4) is 0 Å². The molecule has 1 aromatic rings. The average molecular weight is 274 g/mol. The second-order valence-electron chi connectivity index (χ2n) is 3.12. The predicted molar refractivity (Wildman–Crippen MR) is 53.3 cm³/mol. The van der Waals surface area contributed by atoms with Crippen molar-refractivity contribution in [2.75, 3.05) is 0 Å². The molecule has 8 heteroatoms. The summed E-state index contributed by atoms with van der Waals surface area (Å²) >= 11 is 5.35. The van der Waals surface area contributed by atoms with Gasteiger partial charge in [-0.2, -0.15) is 13.2 Å². The molecule has 0 aliphatic carbocycles. The van der Waals surface area contributed by atoms with Crippen molar-refractivity contribution in [3.05, 3.63) is 34.3 Å². The first kappa shape index (κ1) is 13.3. The van der Waals surface area contributed by atoms with Crippen molar-refractivity contribution in [3.8, 4) is 0 Å². The number of primary sulfonamides is 1. The van der Waals surface area contributed by atoms with E-state index in [2.05, 4.69) is 0 Å². The Kier molecular flexibility index (Phi) is 3.51. The van der Waals surface area contributed by atoms with Gasteiger partial charge in [-0.3, -0.25) is 0 Å². The SMILES string of the molecule is NS(=O)(=O)Cc1ccc(Cl)c(C(F)(F)F)c1. The lowest BCUT2D eigenvalue weighted by molar-refractivity contribution is -0.137. The summed E-state index contributed by atoms with van der Waals surface area (Å²) in [7, 11) is -3.86. The molecule has 0 saturated heterocycles. The van der Waals surface area contributed by atoms with Gasteiger partial charge < -0.3 is 0 Å². The van der Waals surface area contributed by atoms with Gasteiger partial charge in [0, 0.05) is 0 Å². The van der Waals surface area contributed by atoms with Gasteiger partial charge in [-0.1, -0.05) is 17.7 Å². The maximum atomic E-state index is 12.4. The largest absolute Gasteiger partial charge is 0.417 e. The van der Waals surface area contributed by atoms with E-state index in [1.54, 1.807) is 0 Å². The summed E-state index contributed by atoms with van der Waals surface area (Å²) in [6.45, 7) is 0.